The van der Waals surface area contributed by atoms with Crippen molar-refractivity contribution < 1.29 is 19.1 Å². The largest absolute Gasteiger partial charge is 0.466 e. The fourth-order valence-electron chi connectivity index (χ4n) is 2.65. The molecule has 2 N–H and O–H groups in total. The molecule has 0 spiro atoms. The molecule has 8 heteroatoms. The molecule has 0 aliphatic carbocycles. The summed E-state index contributed by atoms with van der Waals surface area (Å²) in [5, 5.41) is 8.39. The minimum Gasteiger partial charge on any atom is -0.466 e. The van der Waals surface area contributed by atoms with Gasteiger partial charge >= 0.3 is 5.97 Å². The lowest BCUT2D eigenvalue weighted by atomic mass is 9.79. The van der Waals surface area contributed by atoms with E-state index < -0.39 is 5.41 Å². The van der Waals surface area contributed by atoms with E-state index >= 15 is 0 Å². The minimum absolute atomic E-state index is 0.0714. The van der Waals surface area contributed by atoms with Crippen LogP contribution in [0.5, 0.6) is 0 Å². The number of ether oxygens (including phenoxy) is 2. The van der Waals surface area contributed by atoms with Crippen molar-refractivity contribution in [3.63, 3.8) is 0 Å². The summed E-state index contributed by atoms with van der Waals surface area (Å²) in [6.07, 6.45) is 1.58. The standard InChI is InChI=1S/C15H23N3O4S/c1-3-22-12(19)8-11-9-23-14(17-11)18-13(20)15(10-21-2)4-6-16-7-5-15/h9,16H,3-8,10H2,1-2H3,(H,17,18,20). The van der Waals surface area contributed by atoms with Crippen molar-refractivity contribution in [2.45, 2.75) is 26.2 Å². The second-order valence-electron chi connectivity index (χ2n) is 5.54. The number of nitrogens with zero attached hydrogens (tertiary/aromatic N) is 1. The Morgan fingerprint density at radius 2 is 2.17 bits per heavy atom. The Hall–Kier alpha value is -1.51. The summed E-state index contributed by atoms with van der Waals surface area (Å²) in [6, 6.07) is 0. The third kappa shape index (κ3) is 4.73. The van der Waals surface area contributed by atoms with Crippen LogP contribution in [0.25, 0.3) is 0 Å². The predicted octanol–water partition coefficient (Wildman–Crippen LogP) is 1.20. The molecule has 7 nitrogen and oxygen atoms in total. The van der Waals surface area contributed by atoms with Crippen molar-refractivity contribution >= 4 is 28.3 Å². The number of piperidine rings is 1. The van der Waals surface area contributed by atoms with E-state index in [1.54, 1.807) is 19.4 Å². The van der Waals surface area contributed by atoms with Gasteiger partial charge in [-0.25, -0.2) is 4.98 Å². The van der Waals surface area contributed by atoms with Gasteiger partial charge in [-0.3, -0.25) is 9.59 Å². The van der Waals surface area contributed by atoms with Crippen LogP contribution in [-0.4, -0.2) is 50.3 Å². The highest BCUT2D eigenvalue weighted by Crippen LogP contribution is 2.31. The van der Waals surface area contributed by atoms with E-state index in [-0.39, 0.29) is 18.3 Å². The Morgan fingerprint density at radius 3 is 2.83 bits per heavy atom. The number of thiazole rings is 1. The molecule has 1 aliphatic heterocycles. The number of aromatic nitrogens is 1. The number of nitrogens with one attached hydrogen (secondary N) is 2. The molecule has 0 aromatic carbocycles. The molecule has 1 amide bonds. The summed E-state index contributed by atoms with van der Waals surface area (Å²) in [5.74, 6) is -0.386. The van der Waals surface area contributed by atoms with Gasteiger partial charge < -0.3 is 20.1 Å². The van der Waals surface area contributed by atoms with Gasteiger partial charge in [-0.1, -0.05) is 0 Å². The zero-order valence-electron chi connectivity index (χ0n) is 13.5. The number of anilines is 1. The Kier molecular flexibility index (Phi) is 6.49. The number of hydrogen-bond acceptors (Lipinski definition) is 7. The second kappa shape index (κ2) is 8.37. The molecule has 1 saturated heterocycles. The number of carbonyl (C=O) groups excluding carboxylic acids is 2. The molecule has 0 bridgehead atoms. The highest BCUT2D eigenvalue weighted by Gasteiger charge is 2.40. The van der Waals surface area contributed by atoms with Gasteiger partial charge in [-0.2, -0.15) is 0 Å². The summed E-state index contributed by atoms with van der Waals surface area (Å²) >= 11 is 1.31. The van der Waals surface area contributed by atoms with Crippen molar-refractivity contribution in [3.05, 3.63) is 11.1 Å². The molecule has 128 valence electrons. The molecule has 23 heavy (non-hydrogen) atoms. The molecule has 0 atom stereocenters. The van der Waals surface area contributed by atoms with Gasteiger partial charge in [0.1, 0.15) is 0 Å². The first kappa shape index (κ1) is 17.8. The first-order chi connectivity index (χ1) is 11.1. The average molecular weight is 341 g/mol. The normalized spacial score (nSPS) is 16.8. The zero-order valence-corrected chi connectivity index (χ0v) is 14.3. The third-order valence-corrected chi connectivity index (χ3v) is 4.67. The topological polar surface area (TPSA) is 89.5 Å². The van der Waals surface area contributed by atoms with E-state index in [2.05, 4.69) is 15.6 Å². The fraction of sp³-hybridized carbons (Fsp3) is 0.667. The Bertz CT molecular complexity index is 535. The Labute approximate surface area is 139 Å². The molecule has 0 radical (unpaired) electrons. The molecule has 2 heterocycles. The van der Waals surface area contributed by atoms with Crippen LogP contribution in [0.3, 0.4) is 0 Å². The quantitative estimate of drug-likeness (QED) is 0.725. The number of amides is 1. The van der Waals surface area contributed by atoms with Crippen LogP contribution >= 0.6 is 11.3 Å². The minimum atomic E-state index is -0.521. The molecule has 2 rings (SSSR count). The number of carbonyl (C=O) groups is 2. The summed E-state index contributed by atoms with van der Waals surface area (Å²) in [5.41, 5.74) is 0.0855. The van der Waals surface area contributed by atoms with Gasteiger partial charge in [-0.15, -0.1) is 11.3 Å². The van der Waals surface area contributed by atoms with E-state index in [0.717, 1.165) is 25.9 Å². The SMILES string of the molecule is CCOC(=O)Cc1csc(NC(=O)C2(COC)CCNCC2)n1. The van der Waals surface area contributed by atoms with Crippen molar-refractivity contribution in [2.75, 3.05) is 38.7 Å². The lowest BCUT2D eigenvalue weighted by Gasteiger charge is -2.35. The number of hydrogen-bond donors (Lipinski definition) is 2. The monoisotopic (exact) mass is 341 g/mol. The highest BCUT2D eigenvalue weighted by atomic mass is 32.1. The predicted molar refractivity (Wildman–Crippen MR) is 87.5 cm³/mol. The van der Waals surface area contributed by atoms with Gasteiger partial charge in [0.2, 0.25) is 5.91 Å². The first-order valence-electron chi connectivity index (χ1n) is 7.71. The number of methoxy groups -OCH3 is 1. The maximum atomic E-state index is 12.7. The van der Waals surface area contributed by atoms with Gasteiger partial charge in [0.25, 0.3) is 0 Å². The van der Waals surface area contributed by atoms with E-state index in [1.807, 2.05) is 0 Å². The molecule has 1 aromatic heterocycles. The molecule has 1 aliphatic rings. The van der Waals surface area contributed by atoms with E-state index in [0.29, 0.717) is 24.0 Å². The number of esters is 1. The van der Waals surface area contributed by atoms with Crippen molar-refractivity contribution in [3.8, 4) is 0 Å². The maximum Gasteiger partial charge on any atom is 0.311 e. The van der Waals surface area contributed by atoms with Gasteiger partial charge in [-0.05, 0) is 32.9 Å². The third-order valence-electron chi connectivity index (χ3n) is 3.87. The summed E-state index contributed by atoms with van der Waals surface area (Å²) in [7, 11) is 1.61. The van der Waals surface area contributed by atoms with Crippen molar-refractivity contribution in [2.24, 2.45) is 5.41 Å². The second-order valence-corrected chi connectivity index (χ2v) is 6.40. The number of rotatable bonds is 7. The van der Waals surface area contributed by atoms with Crippen LogP contribution in [0.15, 0.2) is 5.38 Å². The van der Waals surface area contributed by atoms with Crippen molar-refractivity contribution in [1.29, 1.82) is 0 Å². The zero-order chi connectivity index (χ0) is 16.7. The molecular weight excluding hydrogens is 318 g/mol. The molecule has 1 fully saturated rings. The summed E-state index contributed by atoms with van der Waals surface area (Å²) in [4.78, 5) is 28.4. The lowest BCUT2D eigenvalue weighted by molar-refractivity contribution is -0.142. The van der Waals surface area contributed by atoms with Crippen LogP contribution in [0.4, 0.5) is 5.13 Å². The first-order valence-corrected chi connectivity index (χ1v) is 8.59. The summed E-state index contributed by atoms with van der Waals surface area (Å²) in [6.45, 7) is 4.09. The van der Waals surface area contributed by atoms with Crippen LogP contribution in [0, 0.1) is 5.41 Å². The van der Waals surface area contributed by atoms with E-state index in [9.17, 15) is 9.59 Å². The van der Waals surface area contributed by atoms with Crippen LogP contribution in [-0.2, 0) is 25.5 Å². The van der Waals surface area contributed by atoms with Crippen LogP contribution in [0.1, 0.15) is 25.5 Å². The lowest BCUT2D eigenvalue weighted by Crippen LogP contribution is -2.47. The summed E-state index contributed by atoms with van der Waals surface area (Å²) < 4.78 is 10.2. The van der Waals surface area contributed by atoms with E-state index in [1.165, 1.54) is 11.3 Å². The Balaban J connectivity index is 1.98. The van der Waals surface area contributed by atoms with Gasteiger partial charge in [0.15, 0.2) is 5.13 Å². The molecule has 1 aromatic rings. The average Bonchev–Trinajstić information content (AvgIpc) is 2.95. The van der Waals surface area contributed by atoms with Gasteiger partial charge in [0, 0.05) is 12.5 Å². The van der Waals surface area contributed by atoms with E-state index in [4.69, 9.17) is 9.47 Å². The molecular formula is C15H23N3O4S. The van der Waals surface area contributed by atoms with Gasteiger partial charge in [0.05, 0.1) is 30.7 Å². The molecule has 0 unspecified atom stereocenters. The Morgan fingerprint density at radius 1 is 1.43 bits per heavy atom. The highest BCUT2D eigenvalue weighted by molar-refractivity contribution is 7.13. The maximum absolute atomic E-state index is 12.7. The van der Waals surface area contributed by atoms with Crippen molar-refractivity contribution in [1.82, 2.24) is 10.3 Å². The fourth-order valence-corrected chi connectivity index (χ4v) is 3.36. The smallest absolute Gasteiger partial charge is 0.311 e. The molecule has 0 saturated carbocycles. The van der Waals surface area contributed by atoms with Crippen LogP contribution < -0.4 is 10.6 Å². The van der Waals surface area contributed by atoms with Crippen LogP contribution in [0.2, 0.25) is 0 Å².